The first-order valence-electron chi connectivity index (χ1n) is 7.81. The molecular weight excluding hydrogens is 364 g/mol. The van der Waals surface area contributed by atoms with E-state index in [2.05, 4.69) is 10.1 Å². The molecule has 0 atom stereocenters. The molecule has 1 heterocycles. The number of nitrogens with one attached hydrogen (secondary N) is 1. The highest BCUT2D eigenvalue weighted by molar-refractivity contribution is 8.16. The average molecular weight is 381 g/mol. The number of ether oxygens (including phenoxy) is 1. The molecule has 0 spiro atoms. The number of halogens is 2. The molecule has 0 unspecified atom stereocenters. The summed E-state index contributed by atoms with van der Waals surface area (Å²) in [6, 6.07) is 13.4. The van der Waals surface area contributed by atoms with Gasteiger partial charge in [0.2, 0.25) is 0 Å². The van der Waals surface area contributed by atoms with Gasteiger partial charge in [-0.15, -0.1) is 23.5 Å². The van der Waals surface area contributed by atoms with Crippen molar-refractivity contribution in [2.24, 2.45) is 0 Å². The molecule has 0 saturated carbocycles. The van der Waals surface area contributed by atoms with E-state index in [0.717, 1.165) is 0 Å². The van der Waals surface area contributed by atoms with E-state index >= 15 is 0 Å². The number of benzene rings is 2. The van der Waals surface area contributed by atoms with Crippen LogP contribution in [0.15, 0.2) is 48.5 Å². The minimum atomic E-state index is -2.86. The summed E-state index contributed by atoms with van der Waals surface area (Å²) in [6.07, 6.45) is 1.24. The van der Waals surface area contributed by atoms with E-state index in [0.29, 0.717) is 15.8 Å². The van der Waals surface area contributed by atoms with Crippen LogP contribution in [0.5, 0.6) is 5.75 Å². The predicted octanol–water partition coefficient (Wildman–Crippen LogP) is 5.41. The first-order chi connectivity index (χ1) is 12.1. The third-order valence-corrected chi connectivity index (χ3v) is 6.62. The molecule has 1 saturated heterocycles. The molecule has 0 aliphatic carbocycles. The fourth-order valence-corrected chi connectivity index (χ4v) is 5.29. The highest BCUT2D eigenvalue weighted by Crippen LogP contribution is 2.43. The van der Waals surface area contributed by atoms with Crippen molar-refractivity contribution < 1.29 is 18.3 Å². The monoisotopic (exact) mass is 381 g/mol. The minimum Gasteiger partial charge on any atom is -0.435 e. The van der Waals surface area contributed by atoms with Crippen molar-refractivity contribution in [1.29, 1.82) is 0 Å². The molecule has 1 aliphatic rings. The number of anilines is 1. The largest absolute Gasteiger partial charge is 0.435 e. The van der Waals surface area contributed by atoms with Crippen molar-refractivity contribution in [3.8, 4) is 5.75 Å². The van der Waals surface area contributed by atoms with E-state index < -0.39 is 6.61 Å². The molecule has 2 aromatic carbocycles. The van der Waals surface area contributed by atoms with Gasteiger partial charge in [0.1, 0.15) is 5.75 Å². The Balaban J connectivity index is 1.60. The lowest BCUT2D eigenvalue weighted by molar-refractivity contribution is -0.0498. The molecule has 1 N–H and O–H groups in total. The second-order valence-electron chi connectivity index (χ2n) is 5.41. The highest BCUT2D eigenvalue weighted by atomic mass is 32.2. The summed E-state index contributed by atoms with van der Waals surface area (Å²) in [5.41, 5.74) is 2.30. The molecule has 132 valence electrons. The van der Waals surface area contributed by atoms with E-state index in [1.807, 2.05) is 47.8 Å². The summed E-state index contributed by atoms with van der Waals surface area (Å²) in [5.74, 6) is 2.16. The third kappa shape index (κ3) is 5.12. The Morgan fingerprint density at radius 2 is 1.68 bits per heavy atom. The van der Waals surface area contributed by atoms with Crippen molar-refractivity contribution in [3.05, 3.63) is 59.7 Å². The van der Waals surface area contributed by atoms with Gasteiger partial charge in [-0.3, -0.25) is 4.79 Å². The molecule has 7 heteroatoms. The number of hydrogen-bond donors (Lipinski definition) is 1. The molecule has 3 rings (SSSR count). The lowest BCUT2D eigenvalue weighted by atomic mass is 10.1. The molecule has 1 amide bonds. The van der Waals surface area contributed by atoms with E-state index in [-0.39, 0.29) is 11.7 Å². The molecular formula is C18H17F2NO2S2. The second-order valence-corrected chi connectivity index (χ2v) is 8.13. The van der Waals surface area contributed by atoms with Gasteiger partial charge in [0.05, 0.1) is 4.58 Å². The summed E-state index contributed by atoms with van der Waals surface area (Å²) in [5, 5.41) is 2.75. The Labute approximate surface area is 153 Å². The van der Waals surface area contributed by atoms with Crippen LogP contribution in [-0.2, 0) is 0 Å². The van der Waals surface area contributed by atoms with Crippen molar-refractivity contribution in [1.82, 2.24) is 0 Å². The maximum absolute atomic E-state index is 12.3. The Morgan fingerprint density at radius 1 is 1.04 bits per heavy atom. The summed E-state index contributed by atoms with van der Waals surface area (Å²) < 4.78 is 29.0. The van der Waals surface area contributed by atoms with Crippen LogP contribution in [0.25, 0.3) is 0 Å². The third-order valence-electron chi connectivity index (χ3n) is 3.61. The molecule has 1 aliphatic heterocycles. The van der Waals surface area contributed by atoms with E-state index in [1.165, 1.54) is 47.8 Å². The standard InChI is InChI=1S/C18H17F2NO2S2/c19-18(20)23-15-8-6-14(7-9-15)21-16(22)12-2-4-13(5-3-12)17-24-10-1-11-25-17/h2-9,17-18H,1,10-11H2,(H,21,22). The van der Waals surface area contributed by atoms with Crippen LogP contribution in [-0.4, -0.2) is 24.0 Å². The van der Waals surface area contributed by atoms with Crippen LogP contribution in [0.2, 0.25) is 0 Å². The zero-order valence-corrected chi connectivity index (χ0v) is 14.9. The van der Waals surface area contributed by atoms with Gasteiger partial charge in [0.15, 0.2) is 0 Å². The molecule has 25 heavy (non-hydrogen) atoms. The maximum Gasteiger partial charge on any atom is 0.387 e. The molecule has 0 bridgehead atoms. The summed E-state index contributed by atoms with van der Waals surface area (Å²) in [7, 11) is 0. The van der Waals surface area contributed by atoms with Gasteiger partial charge in [0.25, 0.3) is 5.91 Å². The SMILES string of the molecule is O=C(Nc1ccc(OC(F)F)cc1)c1ccc(C2SCCCS2)cc1. The second kappa shape index (κ2) is 8.58. The van der Waals surface area contributed by atoms with Crippen molar-refractivity contribution in [2.45, 2.75) is 17.6 Å². The highest BCUT2D eigenvalue weighted by Gasteiger charge is 2.17. The zero-order valence-electron chi connectivity index (χ0n) is 13.3. The van der Waals surface area contributed by atoms with Gasteiger partial charge in [-0.2, -0.15) is 8.78 Å². The lowest BCUT2D eigenvalue weighted by Crippen LogP contribution is -2.12. The fraction of sp³-hybridized carbons (Fsp3) is 0.278. The number of rotatable bonds is 5. The number of hydrogen-bond acceptors (Lipinski definition) is 4. The van der Waals surface area contributed by atoms with Gasteiger partial charge < -0.3 is 10.1 Å². The van der Waals surface area contributed by atoms with E-state index in [1.54, 1.807) is 0 Å². The summed E-state index contributed by atoms with van der Waals surface area (Å²) in [6.45, 7) is -2.86. The maximum atomic E-state index is 12.3. The quantitative estimate of drug-likeness (QED) is 0.752. The Kier molecular flexibility index (Phi) is 6.20. The average Bonchev–Trinajstić information content (AvgIpc) is 2.64. The minimum absolute atomic E-state index is 0.0554. The first-order valence-corrected chi connectivity index (χ1v) is 9.91. The van der Waals surface area contributed by atoms with Crippen molar-refractivity contribution >= 4 is 35.1 Å². The summed E-state index contributed by atoms with van der Waals surface area (Å²) in [4.78, 5) is 12.3. The summed E-state index contributed by atoms with van der Waals surface area (Å²) >= 11 is 3.87. The van der Waals surface area contributed by atoms with Crippen LogP contribution in [0, 0.1) is 0 Å². The molecule has 3 nitrogen and oxygen atoms in total. The van der Waals surface area contributed by atoms with Gasteiger partial charge in [-0.1, -0.05) is 12.1 Å². The van der Waals surface area contributed by atoms with Gasteiger partial charge >= 0.3 is 6.61 Å². The van der Waals surface area contributed by atoms with E-state index in [9.17, 15) is 13.6 Å². The number of carbonyl (C=O) groups excluding carboxylic acids is 1. The normalized spacial score (nSPS) is 15.2. The fourth-order valence-electron chi connectivity index (χ4n) is 2.39. The van der Waals surface area contributed by atoms with Crippen LogP contribution in [0.4, 0.5) is 14.5 Å². The van der Waals surface area contributed by atoms with Gasteiger partial charge in [0, 0.05) is 11.3 Å². The lowest BCUT2D eigenvalue weighted by Gasteiger charge is -2.21. The van der Waals surface area contributed by atoms with Crippen LogP contribution < -0.4 is 10.1 Å². The van der Waals surface area contributed by atoms with E-state index in [4.69, 9.17) is 0 Å². The van der Waals surface area contributed by atoms with Crippen molar-refractivity contribution in [2.75, 3.05) is 16.8 Å². The predicted molar refractivity (Wildman–Crippen MR) is 99.7 cm³/mol. The Hall–Kier alpha value is -1.73. The molecule has 0 radical (unpaired) electrons. The van der Waals surface area contributed by atoms with Crippen LogP contribution in [0.3, 0.4) is 0 Å². The number of carbonyl (C=O) groups is 1. The van der Waals surface area contributed by atoms with Gasteiger partial charge in [-0.25, -0.2) is 0 Å². The van der Waals surface area contributed by atoms with Gasteiger partial charge in [-0.05, 0) is 59.9 Å². The molecule has 0 aromatic heterocycles. The smallest absolute Gasteiger partial charge is 0.387 e. The molecule has 2 aromatic rings. The topological polar surface area (TPSA) is 38.3 Å². The first kappa shape index (κ1) is 18.1. The number of amides is 1. The zero-order chi connectivity index (χ0) is 17.6. The van der Waals surface area contributed by atoms with Crippen molar-refractivity contribution in [3.63, 3.8) is 0 Å². The number of thioether (sulfide) groups is 2. The Morgan fingerprint density at radius 3 is 2.28 bits per heavy atom. The molecule has 1 fully saturated rings. The Bertz CT molecular complexity index is 702. The van der Waals surface area contributed by atoms with Crippen LogP contribution >= 0.6 is 23.5 Å². The van der Waals surface area contributed by atoms with Crippen LogP contribution in [0.1, 0.15) is 26.9 Å². The number of alkyl halides is 2.